The molecule has 0 atom stereocenters. The van der Waals surface area contributed by atoms with Crippen LogP contribution in [-0.4, -0.2) is 11.7 Å². The lowest BCUT2D eigenvalue weighted by molar-refractivity contribution is -0.114. The largest absolute Gasteiger partial charge is 0.457 e. The Hall–Kier alpha value is -2.69. The molecule has 0 bridgehead atoms. The molecule has 0 saturated heterocycles. The maximum absolute atomic E-state index is 12.7. The van der Waals surface area contributed by atoms with Crippen LogP contribution in [0.15, 0.2) is 48.5 Å². The number of hydrogen-bond donors (Lipinski definition) is 1. The molecule has 2 aromatic carbocycles. The molecule has 2 rings (SSSR count). The van der Waals surface area contributed by atoms with Crippen LogP contribution in [0.2, 0.25) is 0 Å². The van der Waals surface area contributed by atoms with E-state index in [9.17, 15) is 14.0 Å². The molecule has 0 aromatic heterocycles. The van der Waals surface area contributed by atoms with Crippen molar-refractivity contribution in [1.29, 1.82) is 0 Å². The molecule has 0 radical (unpaired) electrons. The van der Waals surface area contributed by atoms with E-state index in [1.807, 2.05) is 0 Å². The molecule has 0 unspecified atom stereocenters. The zero-order valence-electron chi connectivity index (χ0n) is 9.80. The van der Waals surface area contributed by atoms with Crippen molar-refractivity contribution >= 4 is 11.7 Å². The topological polar surface area (TPSA) is 69.4 Å². The minimum atomic E-state index is -1.03. The van der Waals surface area contributed by atoms with Crippen LogP contribution in [0.3, 0.4) is 0 Å². The van der Waals surface area contributed by atoms with Gasteiger partial charge in [0.1, 0.15) is 17.3 Å². The predicted octanol–water partition coefficient (Wildman–Crippen LogP) is 2.29. The molecule has 1 amide bonds. The number of Topliss-reactive ketones (excluding diaryl/α,β-unsaturated/α-hetero) is 1. The van der Waals surface area contributed by atoms with Gasteiger partial charge in [0.2, 0.25) is 5.78 Å². The van der Waals surface area contributed by atoms with Gasteiger partial charge < -0.3 is 10.5 Å². The van der Waals surface area contributed by atoms with Crippen molar-refractivity contribution in [1.82, 2.24) is 0 Å². The minimum Gasteiger partial charge on any atom is -0.457 e. The van der Waals surface area contributed by atoms with Crippen molar-refractivity contribution in [3.63, 3.8) is 0 Å². The molecule has 0 fully saturated rings. The van der Waals surface area contributed by atoms with Crippen molar-refractivity contribution in [3.8, 4) is 11.5 Å². The monoisotopic (exact) mass is 259 g/mol. The van der Waals surface area contributed by atoms with Crippen LogP contribution in [0.1, 0.15) is 10.4 Å². The average molecular weight is 259 g/mol. The van der Waals surface area contributed by atoms with Crippen LogP contribution in [0.25, 0.3) is 0 Å². The Labute approximate surface area is 108 Å². The number of halogens is 1. The zero-order chi connectivity index (χ0) is 13.8. The number of carbonyl (C=O) groups excluding carboxylic acids is 2. The van der Waals surface area contributed by atoms with Crippen LogP contribution in [-0.2, 0) is 4.79 Å². The SMILES string of the molecule is NC(=O)C(=O)c1cccc(Oc2ccc(F)cc2)c1. The number of nitrogens with two attached hydrogens (primary N) is 1. The molecule has 0 aliphatic carbocycles. The van der Waals surface area contributed by atoms with E-state index >= 15 is 0 Å². The second kappa shape index (κ2) is 5.30. The highest BCUT2D eigenvalue weighted by Crippen LogP contribution is 2.22. The van der Waals surface area contributed by atoms with Crippen LogP contribution in [0.5, 0.6) is 11.5 Å². The molecule has 0 heterocycles. The Morgan fingerprint density at radius 1 is 1.00 bits per heavy atom. The van der Waals surface area contributed by atoms with Crippen molar-refractivity contribution in [2.45, 2.75) is 0 Å². The Morgan fingerprint density at radius 2 is 1.68 bits per heavy atom. The lowest BCUT2D eigenvalue weighted by Crippen LogP contribution is -2.22. The maximum atomic E-state index is 12.7. The Bertz CT molecular complexity index is 623. The van der Waals surface area contributed by atoms with Crippen LogP contribution in [0, 0.1) is 5.82 Å². The number of hydrogen-bond acceptors (Lipinski definition) is 3. The molecule has 0 spiro atoms. The summed E-state index contributed by atoms with van der Waals surface area (Å²) in [6.07, 6.45) is 0. The first-order chi connectivity index (χ1) is 9.06. The molecule has 19 heavy (non-hydrogen) atoms. The normalized spacial score (nSPS) is 9.95. The molecule has 0 saturated carbocycles. The molecule has 4 nitrogen and oxygen atoms in total. The number of ketones is 1. The zero-order valence-corrected chi connectivity index (χ0v) is 9.80. The molecular formula is C14H10FNO3. The third-order valence-electron chi connectivity index (χ3n) is 2.37. The van der Waals surface area contributed by atoms with Crippen LogP contribution in [0.4, 0.5) is 4.39 Å². The number of amides is 1. The van der Waals surface area contributed by atoms with E-state index < -0.39 is 11.7 Å². The van der Waals surface area contributed by atoms with Gasteiger partial charge in [-0.15, -0.1) is 0 Å². The maximum Gasteiger partial charge on any atom is 0.289 e. The van der Waals surface area contributed by atoms with Crippen LogP contribution >= 0.6 is 0 Å². The van der Waals surface area contributed by atoms with Gasteiger partial charge in [0.15, 0.2) is 0 Å². The molecule has 2 aromatic rings. The summed E-state index contributed by atoms with van der Waals surface area (Å²) < 4.78 is 18.2. The lowest BCUT2D eigenvalue weighted by Gasteiger charge is -2.06. The number of benzene rings is 2. The van der Waals surface area contributed by atoms with E-state index in [0.29, 0.717) is 11.5 Å². The first-order valence-electron chi connectivity index (χ1n) is 5.44. The predicted molar refractivity (Wildman–Crippen MR) is 66.4 cm³/mol. The molecule has 2 N–H and O–H groups in total. The third-order valence-corrected chi connectivity index (χ3v) is 2.37. The van der Waals surface area contributed by atoms with Gasteiger partial charge in [-0.05, 0) is 36.4 Å². The minimum absolute atomic E-state index is 0.145. The molecular weight excluding hydrogens is 249 g/mol. The quantitative estimate of drug-likeness (QED) is 0.676. The van der Waals surface area contributed by atoms with Crippen molar-refractivity contribution < 1.29 is 18.7 Å². The highest BCUT2D eigenvalue weighted by molar-refractivity contribution is 6.42. The summed E-state index contributed by atoms with van der Waals surface area (Å²) in [5.41, 5.74) is 5.06. The molecule has 5 heteroatoms. The number of rotatable bonds is 4. The summed E-state index contributed by atoms with van der Waals surface area (Å²) in [6.45, 7) is 0. The number of ether oxygens (including phenoxy) is 1. The summed E-state index contributed by atoms with van der Waals surface area (Å²) in [5.74, 6) is -1.41. The summed E-state index contributed by atoms with van der Waals surface area (Å²) in [7, 11) is 0. The van der Waals surface area contributed by atoms with Crippen LogP contribution < -0.4 is 10.5 Å². The first kappa shape index (κ1) is 12.8. The van der Waals surface area contributed by atoms with Crippen molar-refractivity contribution in [3.05, 3.63) is 59.9 Å². The van der Waals surface area contributed by atoms with Gasteiger partial charge in [-0.3, -0.25) is 9.59 Å². The van der Waals surface area contributed by atoms with Gasteiger partial charge in [-0.1, -0.05) is 12.1 Å². The summed E-state index contributed by atoms with van der Waals surface area (Å²) in [5, 5.41) is 0. The second-order valence-electron chi connectivity index (χ2n) is 3.78. The van der Waals surface area contributed by atoms with E-state index in [0.717, 1.165) is 0 Å². The number of primary amides is 1. The van der Waals surface area contributed by atoms with E-state index in [4.69, 9.17) is 10.5 Å². The van der Waals surface area contributed by atoms with Gasteiger partial charge in [0.05, 0.1) is 0 Å². The van der Waals surface area contributed by atoms with E-state index in [2.05, 4.69) is 0 Å². The molecule has 96 valence electrons. The van der Waals surface area contributed by atoms with E-state index in [1.165, 1.54) is 36.4 Å². The Balaban J connectivity index is 2.22. The fraction of sp³-hybridized carbons (Fsp3) is 0. The fourth-order valence-electron chi connectivity index (χ4n) is 1.48. The molecule has 0 aliphatic rings. The third kappa shape index (κ3) is 3.16. The van der Waals surface area contributed by atoms with Gasteiger partial charge in [0.25, 0.3) is 5.91 Å². The lowest BCUT2D eigenvalue weighted by atomic mass is 10.1. The standard InChI is InChI=1S/C14H10FNO3/c15-10-4-6-11(7-5-10)19-12-3-1-2-9(8-12)13(17)14(16)18/h1-8H,(H2,16,18). The summed E-state index contributed by atoms with van der Waals surface area (Å²) >= 11 is 0. The highest BCUT2D eigenvalue weighted by Gasteiger charge is 2.12. The Morgan fingerprint density at radius 3 is 2.32 bits per heavy atom. The second-order valence-corrected chi connectivity index (χ2v) is 3.78. The number of carbonyl (C=O) groups is 2. The first-order valence-corrected chi connectivity index (χ1v) is 5.44. The van der Waals surface area contributed by atoms with E-state index in [1.54, 1.807) is 12.1 Å². The van der Waals surface area contributed by atoms with Gasteiger partial charge in [-0.25, -0.2) is 4.39 Å². The highest BCUT2D eigenvalue weighted by atomic mass is 19.1. The van der Waals surface area contributed by atoms with E-state index in [-0.39, 0.29) is 11.4 Å². The van der Waals surface area contributed by atoms with Gasteiger partial charge in [-0.2, -0.15) is 0 Å². The van der Waals surface area contributed by atoms with Gasteiger partial charge >= 0.3 is 0 Å². The summed E-state index contributed by atoms with van der Waals surface area (Å²) in [6, 6.07) is 11.5. The molecule has 0 aliphatic heterocycles. The van der Waals surface area contributed by atoms with Crippen molar-refractivity contribution in [2.24, 2.45) is 5.73 Å². The average Bonchev–Trinajstić information content (AvgIpc) is 2.41. The van der Waals surface area contributed by atoms with Gasteiger partial charge in [0, 0.05) is 5.56 Å². The Kier molecular flexibility index (Phi) is 3.56. The summed E-state index contributed by atoms with van der Waals surface area (Å²) in [4.78, 5) is 22.2. The fourth-order valence-corrected chi connectivity index (χ4v) is 1.48. The smallest absolute Gasteiger partial charge is 0.289 e. The van der Waals surface area contributed by atoms with Crippen molar-refractivity contribution in [2.75, 3.05) is 0 Å².